The molecule has 1 atom stereocenters. The van der Waals surface area contributed by atoms with Crippen molar-refractivity contribution in [1.82, 2.24) is 25.1 Å². The van der Waals surface area contributed by atoms with E-state index < -0.39 is 0 Å². The van der Waals surface area contributed by atoms with Crippen molar-refractivity contribution >= 4 is 0 Å². The SMILES string of the molecule is Cc1ccc(C(c2nnnn2Cc2ccc(F)cc2)N2CCc3ccccc3C2)cc1. The van der Waals surface area contributed by atoms with Crippen LogP contribution < -0.4 is 0 Å². The minimum Gasteiger partial charge on any atom is -0.285 e. The Morgan fingerprint density at radius 3 is 2.45 bits per heavy atom. The molecule has 6 heteroatoms. The van der Waals surface area contributed by atoms with E-state index in [9.17, 15) is 4.39 Å². The number of fused-ring (bicyclic) bond motifs is 1. The second-order valence-electron chi connectivity index (χ2n) is 8.12. The molecule has 1 aliphatic rings. The van der Waals surface area contributed by atoms with Crippen molar-refractivity contribution in [2.24, 2.45) is 0 Å². The molecule has 1 aromatic heterocycles. The van der Waals surface area contributed by atoms with Crippen molar-refractivity contribution in [2.75, 3.05) is 6.54 Å². The molecule has 0 bridgehead atoms. The van der Waals surface area contributed by atoms with Crippen LogP contribution in [0.2, 0.25) is 0 Å². The Labute approximate surface area is 181 Å². The summed E-state index contributed by atoms with van der Waals surface area (Å²) in [6.45, 7) is 4.36. The maximum absolute atomic E-state index is 13.3. The highest BCUT2D eigenvalue weighted by atomic mass is 19.1. The minimum absolute atomic E-state index is 0.0654. The van der Waals surface area contributed by atoms with Gasteiger partial charge in [0, 0.05) is 13.1 Å². The van der Waals surface area contributed by atoms with Crippen LogP contribution >= 0.6 is 0 Å². The molecule has 0 fully saturated rings. The highest BCUT2D eigenvalue weighted by Crippen LogP contribution is 2.32. The average Bonchev–Trinajstić information content (AvgIpc) is 3.24. The molecule has 0 N–H and O–H groups in total. The Hall–Kier alpha value is -3.38. The van der Waals surface area contributed by atoms with Gasteiger partial charge in [0.2, 0.25) is 0 Å². The van der Waals surface area contributed by atoms with Crippen molar-refractivity contribution < 1.29 is 4.39 Å². The van der Waals surface area contributed by atoms with Crippen molar-refractivity contribution in [3.05, 3.63) is 112 Å². The fourth-order valence-corrected chi connectivity index (χ4v) is 4.29. The van der Waals surface area contributed by atoms with Gasteiger partial charge < -0.3 is 0 Å². The number of hydrogen-bond acceptors (Lipinski definition) is 4. The van der Waals surface area contributed by atoms with Crippen molar-refractivity contribution in [1.29, 1.82) is 0 Å². The summed E-state index contributed by atoms with van der Waals surface area (Å²) in [7, 11) is 0. The standard InChI is InChI=1S/C25H24FN5/c1-18-6-10-21(11-7-18)24(30-15-14-20-4-2-3-5-22(20)17-30)25-27-28-29-31(25)16-19-8-12-23(26)13-9-19/h2-13,24H,14-17H2,1H3. The number of benzene rings is 3. The second kappa shape index (κ2) is 8.40. The van der Waals surface area contributed by atoms with Crippen LogP contribution in [0.4, 0.5) is 4.39 Å². The Bertz CT molecular complexity index is 1170. The zero-order valence-corrected chi connectivity index (χ0v) is 17.4. The molecular weight excluding hydrogens is 389 g/mol. The van der Waals surface area contributed by atoms with Gasteiger partial charge in [0.1, 0.15) is 5.82 Å². The van der Waals surface area contributed by atoms with Crippen LogP contribution in [0.5, 0.6) is 0 Å². The molecule has 1 unspecified atom stereocenters. The number of halogens is 1. The number of aryl methyl sites for hydroxylation is 1. The van der Waals surface area contributed by atoms with E-state index in [1.54, 1.807) is 12.1 Å². The Kier molecular flexibility index (Phi) is 5.30. The van der Waals surface area contributed by atoms with E-state index in [2.05, 4.69) is 75.9 Å². The number of nitrogens with zero attached hydrogens (tertiary/aromatic N) is 5. The molecular formula is C25H24FN5. The molecule has 4 aromatic rings. The lowest BCUT2D eigenvalue weighted by molar-refractivity contribution is 0.195. The maximum atomic E-state index is 13.3. The van der Waals surface area contributed by atoms with Gasteiger partial charge in [0.05, 0.1) is 12.6 Å². The molecule has 156 valence electrons. The van der Waals surface area contributed by atoms with E-state index in [0.29, 0.717) is 6.54 Å². The summed E-state index contributed by atoms with van der Waals surface area (Å²) in [5.41, 5.74) is 6.11. The fourth-order valence-electron chi connectivity index (χ4n) is 4.29. The smallest absolute Gasteiger partial charge is 0.173 e. The quantitative estimate of drug-likeness (QED) is 0.489. The van der Waals surface area contributed by atoms with E-state index >= 15 is 0 Å². The van der Waals surface area contributed by atoms with E-state index in [1.807, 2.05) is 4.68 Å². The molecule has 0 spiro atoms. The second-order valence-corrected chi connectivity index (χ2v) is 8.12. The Balaban J connectivity index is 1.52. The van der Waals surface area contributed by atoms with Crippen LogP contribution in [0.25, 0.3) is 0 Å². The van der Waals surface area contributed by atoms with Crippen LogP contribution in [-0.2, 0) is 19.5 Å². The number of aromatic nitrogens is 4. The van der Waals surface area contributed by atoms with Crippen molar-refractivity contribution in [3.8, 4) is 0 Å². The number of tetrazole rings is 1. The fraction of sp³-hybridized carbons (Fsp3) is 0.240. The topological polar surface area (TPSA) is 46.8 Å². The summed E-state index contributed by atoms with van der Waals surface area (Å²) >= 11 is 0. The highest BCUT2D eigenvalue weighted by Gasteiger charge is 2.30. The minimum atomic E-state index is -0.245. The molecule has 1 aliphatic heterocycles. The van der Waals surface area contributed by atoms with Crippen LogP contribution in [0.1, 0.15) is 39.7 Å². The van der Waals surface area contributed by atoms with Crippen LogP contribution in [0.3, 0.4) is 0 Å². The predicted molar refractivity (Wildman–Crippen MR) is 117 cm³/mol. The first-order chi connectivity index (χ1) is 15.2. The molecule has 31 heavy (non-hydrogen) atoms. The van der Waals surface area contributed by atoms with E-state index in [1.165, 1.54) is 34.4 Å². The van der Waals surface area contributed by atoms with Gasteiger partial charge in [-0.3, -0.25) is 4.90 Å². The van der Waals surface area contributed by atoms with E-state index in [4.69, 9.17) is 0 Å². The van der Waals surface area contributed by atoms with Gasteiger partial charge in [-0.25, -0.2) is 9.07 Å². The first-order valence-corrected chi connectivity index (χ1v) is 10.6. The van der Waals surface area contributed by atoms with Crippen LogP contribution in [0.15, 0.2) is 72.8 Å². The predicted octanol–water partition coefficient (Wildman–Crippen LogP) is 4.32. The first kappa shape index (κ1) is 19.6. The summed E-state index contributed by atoms with van der Waals surface area (Å²) in [4.78, 5) is 2.44. The van der Waals surface area contributed by atoms with Gasteiger partial charge in [-0.2, -0.15) is 0 Å². The average molecular weight is 414 g/mol. The summed E-state index contributed by atoms with van der Waals surface area (Å²) < 4.78 is 15.2. The lowest BCUT2D eigenvalue weighted by Gasteiger charge is -2.35. The van der Waals surface area contributed by atoms with Crippen LogP contribution in [0, 0.1) is 12.7 Å². The summed E-state index contributed by atoms with van der Waals surface area (Å²) in [6, 6.07) is 23.6. The van der Waals surface area contributed by atoms with Crippen molar-refractivity contribution in [3.63, 3.8) is 0 Å². The van der Waals surface area contributed by atoms with Gasteiger partial charge in [-0.15, -0.1) is 5.10 Å². The molecule has 3 aromatic carbocycles. The van der Waals surface area contributed by atoms with Gasteiger partial charge in [-0.1, -0.05) is 66.2 Å². The molecule has 5 nitrogen and oxygen atoms in total. The number of rotatable bonds is 5. The first-order valence-electron chi connectivity index (χ1n) is 10.6. The molecule has 0 radical (unpaired) electrons. The largest absolute Gasteiger partial charge is 0.285 e. The third-order valence-electron chi connectivity index (χ3n) is 5.97. The third-order valence-corrected chi connectivity index (χ3v) is 5.97. The lowest BCUT2D eigenvalue weighted by Crippen LogP contribution is -2.36. The molecule has 0 aliphatic carbocycles. The van der Waals surface area contributed by atoms with E-state index in [0.717, 1.165) is 30.9 Å². The molecule has 2 heterocycles. The summed E-state index contributed by atoms with van der Waals surface area (Å²) in [5, 5.41) is 12.7. The summed E-state index contributed by atoms with van der Waals surface area (Å²) in [5.74, 6) is 0.553. The normalized spacial score (nSPS) is 14.9. The zero-order valence-electron chi connectivity index (χ0n) is 17.4. The van der Waals surface area contributed by atoms with Gasteiger partial charge in [-0.05, 0) is 58.2 Å². The molecule has 0 saturated carbocycles. The monoisotopic (exact) mass is 413 g/mol. The highest BCUT2D eigenvalue weighted by molar-refractivity contribution is 5.33. The number of hydrogen-bond donors (Lipinski definition) is 0. The zero-order chi connectivity index (χ0) is 21.2. The van der Waals surface area contributed by atoms with Crippen molar-refractivity contribution in [2.45, 2.75) is 32.5 Å². The lowest BCUT2D eigenvalue weighted by atomic mass is 9.95. The third kappa shape index (κ3) is 4.11. The van der Waals surface area contributed by atoms with E-state index in [-0.39, 0.29) is 11.9 Å². The van der Waals surface area contributed by atoms with Gasteiger partial charge in [0.15, 0.2) is 5.82 Å². The molecule has 5 rings (SSSR count). The Morgan fingerprint density at radius 2 is 1.68 bits per heavy atom. The molecule has 0 saturated heterocycles. The summed E-state index contributed by atoms with van der Waals surface area (Å²) in [6.07, 6.45) is 0.998. The van der Waals surface area contributed by atoms with Crippen LogP contribution in [-0.4, -0.2) is 31.7 Å². The van der Waals surface area contributed by atoms with Gasteiger partial charge in [0.25, 0.3) is 0 Å². The maximum Gasteiger partial charge on any atom is 0.173 e. The Morgan fingerprint density at radius 1 is 0.935 bits per heavy atom. The molecule has 0 amide bonds. The van der Waals surface area contributed by atoms with Gasteiger partial charge >= 0.3 is 0 Å².